The first kappa shape index (κ1) is 22.6. The van der Waals surface area contributed by atoms with Crippen LogP contribution in [0.25, 0.3) is 11.1 Å². The van der Waals surface area contributed by atoms with E-state index in [9.17, 15) is 9.18 Å². The Balaban J connectivity index is 1.37. The second-order valence-corrected chi connectivity index (χ2v) is 9.81. The molecule has 4 heteroatoms. The first-order chi connectivity index (χ1) is 16.4. The molecule has 0 amide bonds. The van der Waals surface area contributed by atoms with Gasteiger partial charge >= 0.3 is 0 Å². The molecule has 3 aromatic rings. The maximum absolute atomic E-state index is 14.4. The summed E-state index contributed by atoms with van der Waals surface area (Å²) >= 11 is 0. The van der Waals surface area contributed by atoms with Gasteiger partial charge in [0.2, 0.25) is 0 Å². The summed E-state index contributed by atoms with van der Waals surface area (Å²) in [7, 11) is 1.58. The first-order valence-corrected chi connectivity index (χ1v) is 12.1. The van der Waals surface area contributed by atoms with Gasteiger partial charge in [0.05, 0.1) is 13.7 Å². The Morgan fingerprint density at radius 3 is 2.50 bits per heavy atom. The van der Waals surface area contributed by atoms with Gasteiger partial charge < -0.3 is 9.47 Å². The van der Waals surface area contributed by atoms with Gasteiger partial charge in [-0.25, -0.2) is 4.39 Å². The van der Waals surface area contributed by atoms with Gasteiger partial charge in [0.1, 0.15) is 23.1 Å². The molecule has 1 heterocycles. The second-order valence-electron chi connectivity index (χ2n) is 9.81. The summed E-state index contributed by atoms with van der Waals surface area (Å²) in [6.45, 7) is 4.39. The fourth-order valence-corrected chi connectivity index (χ4v) is 5.30. The van der Waals surface area contributed by atoms with E-state index in [2.05, 4.69) is 37.3 Å². The predicted molar refractivity (Wildman–Crippen MR) is 132 cm³/mol. The molecule has 5 rings (SSSR count). The van der Waals surface area contributed by atoms with Crippen LogP contribution in [0.1, 0.15) is 55.2 Å². The molecular weight excluding hydrogens is 427 g/mol. The van der Waals surface area contributed by atoms with Gasteiger partial charge in [-0.3, -0.25) is 4.79 Å². The topological polar surface area (TPSA) is 35.5 Å². The van der Waals surface area contributed by atoms with Gasteiger partial charge in [0.15, 0.2) is 0 Å². The van der Waals surface area contributed by atoms with Crippen LogP contribution in [-0.4, -0.2) is 19.5 Å². The summed E-state index contributed by atoms with van der Waals surface area (Å²) < 4.78 is 25.8. The largest absolute Gasteiger partial charge is 0.497 e. The van der Waals surface area contributed by atoms with Crippen molar-refractivity contribution < 1.29 is 18.7 Å². The van der Waals surface area contributed by atoms with Crippen LogP contribution >= 0.6 is 0 Å². The fraction of sp³-hybridized carbons (Fsp3) is 0.367. The Morgan fingerprint density at radius 1 is 1.06 bits per heavy atom. The molecule has 0 N–H and O–H groups in total. The first-order valence-electron chi connectivity index (χ1n) is 12.1. The number of benzene rings is 3. The van der Waals surface area contributed by atoms with Crippen molar-refractivity contribution in [1.82, 2.24) is 0 Å². The molecule has 0 saturated heterocycles. The number of carbonyl (C=O) groups excluding carboxylic acids is 1. The van der Waals surface area contributed by atoms with E-state index in [1.807, 2.05) is 12.1 Å². The molecule has 1 fully saturated rings. The Hall–Kier alpha value is -3.14. The van der Waals surface area contributed by atoms with Crippen LogP contribution in [0.3, 0.4) is 0 Å². The lowest BCUT2D eigenvalue weighted by molar-refractivity contribution is -0.121. The number of fused-ring (bicyclic) bond motifs is 1. The lowest BCUT2D eigenvalue weighted by Gasteiger charge is -2.28. The molecular formula is C30H31FO3. The standard InChI is InChI=1S/C30H31FO3/c1-18(19(2)32)30(22-8-9-22)23-10-13-29-24(14-23)15-25(17-34-29)20-4-6-21(7-5-20)27-16-26(33-3)11-12-28(27)31/h4-7,10-14,16,18,22,25,30H,8-9,15,17H2,1-3H3/t18-,25?,30+/m1/s1. The Kier molecular flexibility index (Phi) is 6.16. The molecule has 0 bridgehead atoms. The van der Waals surface area contributed by atoms with E-state index in [0.717, 1.165) is 17.7 Å². The highest BCUT2D eigenvalue weighted by Gasteiger charge is 2.38. The number of carbonyl (C=O) groups is 1. The highest BCUT2D eigenvalue weighted by Crippen LogP contribution is 2.48. The van der Waals surface area contributed by atoms with Gasteiger partial charge in [0.25, 0.3) is 0 Å². The SMILES string of the molecule is COc1ccc(F)c(-c2ccc(C3COc4ccc([C@H](C5CC5)[C@H](C)C(C)=O)cc4C3)cc2)c1. The van der Waals surface area contributed by atoms with Gasteiger partial charge in [-0.2, -0.15) is 0 Å². The maximum Gasteiger partial charge on any atom is 0.133 e. The zero-order valence-corrected chi connectivity index (χ0v) is 20.0. The molecule has 2 aliphatic rings. The third kappa shape index (κ3) is 4.46. The van der Waals surface area contributed by atoms with Crippen molar-refractivity contribution in [3.63, 3.8) is 0 Å². The summed E-state index contributed by atoms with van der Waals surface area (Å²) in [4.78, 5) is 12.1. The number of ketones is 1. The molecule has 3 aromatic carbocycles. The van der Waals surface area contributed by atoms with E-state index in [1.165, 1.54) is 35.6 Å². The van der Waals surface area contributed by atoms with Crippen molar-refractivity contribution in [1.29, 1.82) is 0 Å². The highest BCUT2D eigenvalue weighted by molar-refractivity contribution is 5.79. The van der Waals surface area contributed by atoms with Crippen LogP contribution in [0, 0.1) is 17.7 Å². The summed E-state index contributed by atoms with van der Waals surface area (Å²) in [5.41, 5.74) is 5.01. The Labute approximate surface area is 200 Å². The average molecular weight is 459 g/mol. The molecule has 1 aliphatic carbocycles. The van der Waals surface area contributed by atoms with E-state index in [1.54, 1.807) is 26.2 Å². The molecule has 176 valence electrons. The van der Waals surface area contributed by atoms with E-state index in [0.29, 0.717) is 29.8 Å². The van der Waals surface area contributed by atoms with Crippen molar-refractivity contribution in [3.8, 4) is 22.6 Å². The Bertz CT molecular complexity index is 1200. The third-order valence-electron chi connectivity index (χ3n) is 7.55. The molecule has 3 atom stereocenters. The van der Waals surface area contributed by atoms with Crippen molar-refractivity contribution in [2.24, 2.45) is 11.8 Å². The highest BCUT2D eigenvalue weighted by atomic mass is 19.1. The molecule has 1 saturated carbocycles. The number of methoxy groups -OCH3 is 1. The van der Waals surface area contributed by atoms with Gasteiger partial charge in [-0.05, 0) is 84.5 Å². The quantitative estimate of drug-likeness (QED) is 0.385. The van der Waals surface area contributed by atoms with E-state index >= 15 is 0 Å². The molecule has 1 unspecified atom stereocenters. The van der Waals surface area contributed by atoms with Crippen LogP contribution < -0.4 is 9.47 Å². The molecule has 3 nitrogen and oxygen atoms in total. The minimum Gasteiger partial charge on any atom is -0.497 e. The van der Waals surface area contributed by atoms with Crippen molar-refractivity contribution in [3.05, 3.63) is 83.2 Å². The van der Waals surface area contributed by atoms with Crippen LogP contribution in [0.5, 0.6) is 11.5 Å². The molecule has 0 spiro atoms. The molecule has 1 aliphatic heterocycles. The van der Waals surface area contributed by atoms with Crippen LogP contribution in [0.4, 0.5) is 4.39 Å². The van der Waals surface area contributed by atoms with E-state index in [4.69, 9.17) is 9.47 Å². The van der Waals surface area contributed by atoms with E-state index in [-0.39, 0.29) is 23.4 Å². The number of ether oxygens (including phenoxy) is 2. The monoisotopic (exact) mass is 458 g/mol. The zero-order valence-electron chi connectivity index (χ0n) is 20.0. The second kappa shape index (κ2) is 9.25. The van der Waals surface area contributed by atoms with Gasteiger partial charge in [0, 0.05) is 17.4 Å². The number of halogens is 1. The summed E-state index contributed by atoms with van der Waals surface area (Å²) in [5, 5.41) is 0. The van der Waals surface area contributed by atoms with Crippen LogP contribution in [0.2, 0.25) is 0 Å². The molecule has 0 radical (unpaired) electrons. The predicted octanol–water partition coefficient (Wildman–Crippen LogP) is 6.94. The van der Waals surface area contributed by atoms with Gasteiger partial charge in [-0.15, -0.1) is 0 Å². The maximum atomic E-state index is 14.4. The number of rotatable bonds is 7. The lowest BCUT2D eigenvalue weighted by atomic mass is 9.80. The Morgan fingerprint density at radius 2 is 1.82 bits per heavy atom. The lowest BCUT2D eigenvalue weighted by Crippen LogP contribution is -2.21. The van der Waals surface area contributed by atoms with Crippen molar-refractivity contribution >= 4 is 5.78 Å². The fourth-order valence-electron chi connectivity index (χ4n) is 5.30. The molecule has 34 heavy (non-hydrogen) atoms. The number of hydrogen-bond donors (Lipinski definition) is 0. The number of Topliss-reactive ketones (excluding diaryl/α,β-unsaturated/α-hetero) is 1. The summed E-state index contributed by atoms with van der Waals surface area (Å²) in [6, 6.07) is 19.4. The summed E-state index contributed by atoms with van der Waals surface area (Å²) in [6.07, 6.45) is 3.30. The summed E-state index contributed by atoms with van der Waals surface area (Å²) in [5.74, 6) is 2.75. The third-order valence-corrected chi connectivity index (χ3v) is 7.55. The smallest absolute Gasteiger partial charge is 0.133 e. The number of hydrogen-bond acceptors (Lipinski definition) is 3. The van der Waals surface area contributed by atoms with Crippen LogP contribution in [-0.2, 0) is 11.2 Å². The van der Waals surface area contributed by atoms with Crippen molar-refractivity contribution in [2.45, 2.75) is 44.9 Å². The average Bonchev–Trinajstić information content (AvgIpc) is 3.69. The minimum absolute atomic E-state index is 0.0374. The zero-order chi connectivity index (χ0) is 23.8. The molecule has 0 aromatic heterocycles. The van der Waals surface area contributed by atoms with Crippen LogP contribution in [0.15, 0.2) is 60.7 Å². The van der Waals surface area contributed by atoms with E-state index < -0.39 is 0 Å². The van der Waals surface area contributed by atoms with Crippen molar-refractivity contribution in [2.75, 3.05) is 13.7 Å². The normalized spacial score (nSPS) is 19.0. The minimum atomic E-state index is -0.263. The van der Waals surface area contributed by atoms with Gasteiger partial charge in [-0.1, -0.05) is 43.3 Å².